The first-order chi connectivity index (χ1) is 13.1. The van der Waals surface area contributed by atoms with Crippen molar-refractivity contribution in [2.24, 2.45) is 5.92 Å². The van der Waals surface area contributed by atoms with Crippen LogP contribution < -0.4 is 15.4 Å². The number of hydrogen-bond acceptors (Lipinski definition) is 4. The van der Waals surface area contributed by atoms with Crippen LogP contribution in [-0.2, 0) is 10.0 Å². The highest BCUT2D eigenvalue weighted by Gasteiger charge is 2.19. The van der Waals surface area contributed by atoms with Crippen LogP contribution in [0.25, 0.3) is 0 Å². The first-order valence-corrected chi connectivity index (χ1v) is 10.7. The molecule has 0 saturated heterocycles. The summed E-state index contributed by atoms with van der Waals surface area (Å²) in [6.07, 6.45) is 0. The lowest BCUT2D eigenvalue weighted by atomic mass is 9.96. The Labute approximate surface area is 173 Å². The molecule has 28 heavy (non-hydrogen) atoms. The molecule has 0 heterocycles. The van der Waals surface area contributed by atoms with E-state index in [1.165, 1.54) is 18.4 Å². The van der Waals surface area contributed by atoms with Crippen molar-refractivity contribution in [3.8, 4) is 5.75 Å². The highest BCUT2D eigenvalue weighted by molar-refractivity contribution is 7.89. The Bertz CT molecular complexity index is 911. The molecule has 2 N–H and O–H groups in total. The fourth-order valence-corrected chi connectivity index (χ4v) is 3.89. The summed E-state index contributed by atoms with van der Waals surface area (Å²) < 4.78 is 31.0. The van der Waals surface area contributed by atoms with Crippen molar-refractivity contribution in [2.45, 2.75) is 24.8 Å². The van der Waals surface area contributed by atoms with Gasteiger partial charge >= 0.3 is 0 Å². The Morgan fingerprint density at radius 1 is 1.11 bits per heavy atom. The van der Waals surface area contributed by atoms with E-state index in [0.29, 0.717) is 10.8 Å². The van der Waals surface area contributed by atoms with Gasteiger partial charge in [-0.05, 0) is 54.0 Å². The average Bonchev–Trinajstić information content (AvgIpc) is 2.66. The van der Waals surface area contributed by atoms with E-state index in [-0.39, 0.29) is 16.9 Å². The van der Waals surface area contributed by atoms with Gasteiger partial charge in [0.2, 0.25) is 10.0 Å². The predicted molar refractivity (Wildman–Crippen MR) is 117 cm³/mol. The molecule has 8 heteroatoms. The van der Waals surface area contributed by atoms with Gasteiger partial charge in [0.15, 0.2) is 5.11 Å². The van der Waals surface area contributed by atoms with Crippen molar-refractivity contribution in [3.05, 3.63) is 54.1 Å². The summed E-state index contributed by atoms with van der Waals surface area (Å²) in [6, 6.07) is 14.4. The molecule has 0 saturated carbocycles. The second-order valence-electron chi connectivity index (χ2n) is 6.91. The number of rotatable bonds is 7. The lowest BCUT2D eigenvalue weighted by molar-refractivity contribution is 0.413. The number of benzene rings is 2. The van der Waals surface area contributed by atoms with E-state index in [9.17, 15) is 8.42 Å². The van der Waals surface area contributed by atoms with Gasteiger partial charge in [-0.25, -0.2) is 12.7 Å². The Balaban J connectivity index is 2.15. The molecule has 6 nitrogen and oxygen atoms in total. The van der Waals surface area contributed by atoms with Gasteiger partial charge in [-0.2, -0.15) is 0 Å². The quantitative estimate of drug-likeness (QED) is 0.666. The van der Waals surface area contributed by atoms with Crippen LogP contribution in [0.15, 0.2) is 53.4 Å². The van der Waals surface area contributed by atoms with E-state index >= 15 is 0 Å². The van der Waals surface area contributed by atoms with E-state index in [0.717, 1.165) is 11.3 Å². The smallest absolute Gasteiger partial charge is 0.242 e. The van der Waals surface area contributed by atoms with Gasteiger partial charge in [0.1, 0.15) is 5.75 Å². The summed E-state index contributed by atoms with van der Waals surface area (Å²) in [5, 5.41) is 6.83. The number of thiocarbonyl (C=S) groups is 1. The molecule has 2 aromatic rings. The molecular formula is C20H27N3O3S2. The first kappa shape index (κ1) is 22.1. The standard InChI is InChI=1S/C20H27N3O3S2/c1-14(2)19(15-9-11-17(26-5)12-10-15)22-20(27)21-16-7-6-8-18(13-16)28(24,25)23(3)4/h6-14,19H,1-5H3,(H2,21,22,27)/t19-/m0/s1. The maximum atomic E-state index is 12.3. The number of nitrogens with one attached hydrogen (secondary N) is 2. The second-order valence-corrected chi connectivity index (χ2v) is 9.47. The third kappa shape index (κ3) is 5.43. The Morgan fingerprint density at radius 3 is 2.29 bits per heavy atom. The van der Waals surface area contributed by atoms with Gasteiger partial charge in [-0.15, -0.1) is 0 Å². The zero-order valence-electron chi connectivity index (χ0n) is 16.8. The zero-order valence-corrected chi connectivity index (χ0v) is 18.4. The fourth-order valence-electron chi connectivity index (χ4n) is 2.70. The highest BCUT2D eigenvalue weighted by atomic mass is 32.2. The Morgan fingerprint density at radius 2 is 1.75 bits per heavy atom. The molecule has 152 valence electrons. The molecule has 0 fully saturated rings. The summed E-state index contributed by atoms with van der Waals surface area (Å²) >= 11 is 5.46. The molecule has 0 amide bonds. The van der Waals surface area contributed by atoms with Crippen LogP contribution in [0.2, 0.25) is 0 Å². The topological polar surface area (TPSA) is 70.7 Å². The van der Waals surface area contributed by atoms with Crippen molar-refractivity contribution in [2.75, 3.05) is 26.5 Å². The average molecular weight is 422 g/mol. The number of sulfonamides is 1. The molecular weight excluding hydrogens is 394 g/mol. The third-order valence-electron chi connectivity index (χ3n) is 4.30. The maximum Gasteiger partial charge on any atom is 0.242 e. The molecule has 0 aliphatic rings. The van der Waals surface area contributed by atoms with Crippen molar-refractivity contribution >= 4 is 33.0 Å². The van der Waals surface area contributed by atoms with Crippen LogP contribution in [0.4, 0.5) is 5.69 Å². The maximum absolute atomic E-state index is 12.3. The molecule has 0 aliphatic carbocycles. The normalized spacial score (nSPS) is 12.7. The molecule has 0 radical (unpaired) electrons. The fraction of sp³-hybridized carbons (Fsp3) is 0.350. The van der Waals surface area contributed by atoms with Crippen LogP contribution >= 0.6 is 12.2 Å². The van der Waals surface area contributed by atoms with Crippen LogP contribution in [0.5, 0.6) is 5.75 Å². The highest BCUT2D eigenvalue weighted by Crippen LogP contribution is 2.24. The molecule has 0 unspecified atom stereocenters. The van der Waals surface area contributed by atoms with Crippen molar-refractivity contribution in [1.29, 1.82) is 0 Å². The molecule has 0 bridgehead atoms. The number of hydrogen-bond donors (Lipinski definition) is 2. The van der Waals surface area contributed by atoms with Crippen LogP contribution in [0, 0.1) is 5.92 Å². The second kappa shape index (κ2) is 9.36. The number of anilines is 1. The number of nitrogens with zero attached hydrogens (tertiary/aromatic N) is 1. The van der Waals surface area contributed by atoms with E-state index in [1.807, 2.05) is 24.3 Å². The van der Waals surface area contributed by atoms with E-state index < -0.39 is 10.0 Å². The minimum Gasteiger partial charge on any atom is -0.497 e. The number of ether oxygens (including phenoxy) is 1. The predicted octanol–water partition coefficient (Wildman–Crippen LogP) is 3.63. The summed E-state index contributed by atoms with van der Waals surface area (Å²) in [7, 11) is 1.14. The van der Waals surface area contributed by atoms with Gasteiger partial charge in [-0.3, -0.25) is 0 Å². The van der Waals surface area contributed by atoms with Crippen molar-refractivity contribution < 1.29 is 13.2 Å². The lowest BCUT2D eigenvalue weighted by Crippen LogP contribution is -2.35. The Hall–Kier alpha value is -2.16. The first-order valence-electron chi connectivity index (χ1n) is 8.89. The van der Waals surface area contributed by atoms with Gasteiger partial charge in [0, 0.05) is 19.8 Å². The van der Waals surface area contributed by atoms with E-state index in [1.54, 1.807) is 31.4 Å². The van der Waals surface area contributed by atoms with Crippen molar-refractivity contribution in [1.82, 2.24) is 9.62 Å². The molecule has 0 aliphatic heterocycles. The van der Waals surface area contributed by atoms with Gasteiger partial charge < -0.3 is 15.4 Å². The third-order valence-corrected chi connectivity index (χ3v) is 6.33. The summed E-state index contributed by atoms with van der Waals surface area (Å²) in [5.74, 6) is 1.08. The largest absolute Gasteiger partial charge is 0.497 e. The van der Waals surface area contributed by atoms with Gasteiger partial charge in [0.05, 0.1) is 18.0 Å². The Kier molecular flexibility index (Phi) is 7.40. The zero-order chi connectivity index (χ0) is 20.9. The van der Waals surface area contributed by atoms with Crippen LogP contribution in [0.1, 0.15) is 25.5 Å². The summed E-state index contributed by atoms with van der Waals surface area (Å²) in [5.41, 5.74) is 1.70. The molecule has 1 atom stereocenters. The molecule has 2 aromatic carbocycles. The van der Waals surface area contributed by atoms with Gasteiger partial charge in [0.25, 0.3) is 0 Å². The lowest BCUT2D eigenvalue weighted by Gasteiger charge is -2.25. The summed E-state index contributed by atoms with van der Waals surface area (Å²) in [4.78, 5) is 0.209. The minimum atomic E-state index is -3.50. The van der Waals surface area contributed by atoms with Crippen LogP contribution in [0.3, 0.4) is 0 Å². The monoisotopic (exact) mass is 421 g/mol. The molecule has 2 rings (SSSR count). The minimum absolute atomic E-state index is 0.000374. The molecule has 0 aromatic heterocycles. The SMILES string of the molecule is COc1ccc([C@@H](NC(=S)Nc2cccc(S(=O)(=O)N(C)C)c2)C(C)C)cc1. The van der Waals surface area contributed by atoms with E-state index in [4.69, 9.17) is 17.0 Å². The molecule has 0 spiro atoms. The van der Waals surface area contributed by atoms with Gasteiger partial charge in [-0.1, -0.05) is 32.0 Å². The van der Waals surface area contributed by atoms with E-state index in [2.05, 4.69) is 24.5 Å². The summed E-state index contributed by atoms with van der Waals surface area (Å²) in [6.45, 7) is 4.21. The van der Waals surface area contributed by atoms with Crippen molar-refractivity contribution in [3.63, 3.8) is 0 Å². The number of methoxy groups -OCH3 is 1. The van der Waals surface area contributed by atoms with Crippen LogP contribution in [-0.4, -0.2) is 39.0 Å².